The molecule has 23 heavy (non-hydrogen) atoms. The lowest BCUT2D eigenvalue weighted by atomic mass is 9.99. The number of rotatable bonds is 3. The van der Waals surface area contributed by atoms with Gasteiger partial charge in [-0.3, -0.25) is 4.79 Å². The molecule has 1 N–H and O–H groups in total. The van der Waals surface area contributed by atoms with Gasteiger partial charge in [-0.15, -0.1) is 0 Å². The van der Waals surface area contributed by atoms with Gasteiger partial charge in [0.1, 0.15) is 5.82 Å². The third-order valence-electron chi connectivity index (χ3n) is 3.69. The van der Waals surface area contributed by atoms with Crippen LogP contribution in [0.1, 0.15) is 15.9 Å². The van der Waals surface area contributed by atoms with E-state index in [4.69, 9.17) is 0 Å². The molecule has 0 radical (unpaired) electrons. The van der Waals surface area contributed by atoms with Gasteiger partial charge in [-0.25, -0.2) is 4.39 Å². The van der Waals surface area contributed by atoms with Crippen LogP contribution >= 0.6 is 0 Å². The molecular formula is C20H16FNO. The van der Waals surface area contributed by atoms with Crippen molar-refractivity contribution in [1.29, 1.82) is 0 Å². The number of nitrogens with one attached hydrogen (secondary N) is 1. The highest BCUT2D eigenvalue weighted by Crippen LogP contribution is 2.24. The maximum atomic E-state index is 13.6. The molecule has 0 fully saturated rings. The van der Waals surface area contributed by atoms with Gasteiger partial charge >= 0.3 is 0 Å². The van der Waals surface area contributed by atoms with Crippen LogP contribution in [0.15, 0.2) is 72.8 Å². The minimum atomic E-state index is -0.334. The van der Waals surface area contributed by atoms with Gasteiger partial charge in [0.25, 0.3) is 5.91 Å². The van der Waals surface area contributed by atoms with E-state index in [1.165, 1.54) is 6.07 Å². The number of carbonyl (C=O) groups is 1. The van der Waals surface area contributed by atoms with Crippen LogP contribution < -0.4 is 5.32 Å². The van der Waals surface area contributed by atoms with Crippen molar-refractivity contribution in [3.05, 3.63) is 89.7 Å². The first-order chi connectivity index (χ1) is 11.1. The number of hydrogen-bond donors (Lipinski definition) is 1. The summed E-state index contributed by atoms with van der Waals surface area (Å²) in [5, 5.41) is 2.76. The monoisotopic (exact) mass is 305 g/mol. The number of hydrogen-bond acceptors (Lipinski definition) is 1. The first kappa shape index (κ1) is 15.0. The Morgan fingerprint density at radius 1 is 0.913 bits per heavy atom. The summed E-state index contributed by atoms with van der Waals surface area (Å²) in [6.07, 6.45) is 0. The maximum Gasteiger partial charge on any atom is 0.256 e. The number of anilines is 1. The van der Waals surface area contributed by atoms with Gasteiger partial charge < -0.3 is 5.32 Å². The summed E-state index contributed by atoms with van der Waals surface area (Å²) in [4.78, 5) is 12.6. The number of carbonyl (C=O) groups excluding carboxylic acids is 1. The van der Waals surface area contributed by atoms with E-state index in [1.807, 2.05) is 48.5 Å². The van der Waals surface area contributed by atoms with E-state index >= 15 is 0 Å². The van der Waals surface area contributed by atoms with Crippen LogP contribution in [0.25, 0.3) is 11.1 Å². The molecule has 0 unspecified atom stereocenters. The summed E-state index contributed by atoms with van der Waals surface area (Å²) in [6.45, 7) is 1.69. The molecule has 3 rings (SSSR count). The van der Waals surface area contributed by atoms with Crippen molar-refractivity contribution in [2.24, 2.45) is 0 Å². The number of amides is 1. The topological polar surface area (TPSA) is 29.1 Å². The van der Waals surface area contributed by atoms with Gasteiger partial charge in [-0.1, -0.05) is 54.6 Å². The average molecular weight is 305 g/mol. The molecule has 0 aromatic heterocycles. The fourth-order valence-corrected chi connectivity index (χ4v) is 2.42. The number of halogens is 1. The summed E-state index contributed by atoms with van der Waals surface area (Å²) in [5.74, 6) is -0.591. The van der Waals surface area contributed by atoms with Crippen LogP contribution in [0.3, 0.4) is 0 Å². The Balaban J connectivity index is 1.92. The smallest absolute Gasteiger partial charge is 0.256 e. The molecule has 3 aromatic carbocycles. The van der Waals surface area contributed by atoms with Crippen molar-refractivity contribution < 1.29 is 9.18 Å². The summed E-state index contributed by atoms with van der Waals surface area (Å²) in [6, 6.07) is 21.8. The maximum absolute atomic E-state index is 13.6. The second-order valence-electron chi connectivity index (χ2n) is 5.33. The van der Waals surface area contributed by atoms with Crippen molar-refractivity contribution in [1.82, 2.24) is 0 Å². The first-order valence-corrected chi connectivity index (χ1v) is 7.37. The van der Waals surface area contributed by atoms with Crippen molar-refractivity contribution >= 4 is 11.6 Å². The summed E-state index contributed by atoms with van der Waals surface area (Å²) in [7, 11) is 0. The van der Waals surface area contributed by atoms with Gasteiger partial charge in [-0.2, -0.15) is 0 Å². The number of benzene rings is 3. The predicted octanol–water partition coefficient (Wildman–Crippen LogP) is 5.05. The fraction of sp³-hybridized carbons (Fsp3) is 0.0500. The highest BCUT2D eigenvalue weighted by atomic mass is 19.1. The fourth-order valence-electron chi connectivity index (χ4n) is 2.42. The van der Waals surface area contributed by atoms with Crippen molar-refractivity contribution in [3.8, 4) is 11.1 Å². The normalized spacial score (nSPS) is 10.3. The SMILES string of the molecule is Cc1ccc(NC(=O)c2ccccc2-c2ccccc2)cc1F. The van der Waals surface area contributed by atoms with Crippen molar-refractivity contribution in [3.63, 3.8) is 0 Å². The second-order valence-corrected chi connectivity index (χ2v) is 5.33. The predicted molar refractivity (Wildman–Crippen MR) is 91.0 cm³/mol. The Hall–Kier alpha value is -2.94. The van der Waals surface area contributed by atoms with Gasteiger partial charge in [0.15, 0.2) is 0 Å². The third kappa shape index (κ3) is 3.29. The van der Waals surface area contributed by atoms with E-state index < -0.39 is 0 Å². The highest BCUT2D eigenvalue weighted by Gasteiger charge is 2.13. The number of aryl methyl sites for hydroxylation is 1. The lowest BCUT2D eigenvalue weighted by Gasteiger charge is -2.11. The van der Waals surface area contributed by atoms with Crippen LogP contribution in [0.5, 0.6) is 0 Å². The molecule has 0 atom stereocenters. The molecule has 3 aromatic rings. The van der Waals surface area contributed by atoms with Crippen LogP contribution in [0.2, 0.25) is 0 Å². The van der Waals surface area contributed by atoms with Crippen LogP contribution in [0, 0.1) is 12.7 Å². The quantitative estimate of drug-likeness (QED) is 0.720. The Bertz CT molecular complexity index is 843. The standard InChI is InChI=1S/C20H16FNO/c1-14-11-12-16(13-19(14)21)22-20(23)18-10-6-5-9-17(18)15-7-3-2-4-8-15/h2-13H,1H3,(H,22,23). The largest absolute Gasteiger partial charge is 0.322 e. The Kier molecular flexibility index (Phi) is 4.20. The molecule has 0 aliphatic rings. The molecule has 0 bridgehead atoms. The van der Waals surface area contributed by atoms with Gasteiger partial charge in [0.05, 0.1) is 0 Å². The summed E-state index contributed by atoms with van der Waals surface area (Å²) < 4.78 is 13.6. The summed E-state index contributed by atoms with van der Waals surface area (Å²) in [5.41, 5.74) is 3.36. The third-order valence-corrected chi connectivity index (χ3v) is 3.69. The first-order valence-electron chi connectivity index (χ1n) is 7.37. The van der Waals surface area contributed by atoms with Gasteiger partial charge in [0.2, 0.25) is 0 Å². The molecule has 2 nitrogen and oxygen atoms in total. The van der Waals surface area contributed by atoms with Crippen LogP contribution in [0.4, 0.5) is 10.1 Å². The lowest BCUT2D eigenvalue weighted by Crippen LogP contribution is -2.13. The van der Waals surface area contributed by atoms with E-state index in [1.54, 1.807) is 25.1 Å². The van der Waals surface area contributed by atoms with Gasteiger partial charge in [0, 0.05) is 11.3 Å². The van der Waals surface area contributed by atoms with Crippen LogP contribution in [-0.2, 0) is 0 Å². The zero-order chi connectivity index (χ0) is 16.2. The van der Waals surface area contributed by atoms with E-state index in [0.717, 1.165) is 11.1 Å². The zero-order valence-corrected chi connectivity index (χ0v) is 12.7. The molecule has 0 saturated heterocycles. The lowest BCUT2D eigenvalue weighted by molar-refractivity contribution is 0.102. The molecule has 114 valence electrons. The highest BCUT2D eigenvalue weighted by molar-refractivity contribution is 6.08. The van der Waals surface area contributed by atoms with E-state index in [9.17, 15) is 9.18 Å². The Morgan fingerprint density at radius 2 is 1.61 bits per heavy atom. The van der Waals surface area contributed by atoms with Crippen molar-refractivity contribution in [2.45, 2.75) is 6.92 Å². The molecule has 0 aliphatic heterocycles. The Labute approximate surface area is 134 Å². The van der Waals surface area contributed by atoms with Crippen LogP contribution in [-0.4, -0.2) is 5.91 Å². The zero-order valence-electron chi connectivity index (χ0n) is 12.7. The minimum Gasteiger partial charge on any atom is -0.322 e. The minimum absolute atomic E-state index is 0.257. The average Bonchev–Trinajstić information content (AvgIpc) is 2.59. The second kappa shape index (κ2) is 6.44. The summed E-state index contributed by atoms with van der Waals surface area (Å²) >= 11 is 0. The van der Waals surface area contributed by atoms with E-state index in [-0.39, 0.29) is 11.7 Å². The molecule has 0 spiro atoms. The van der Waals surface area contributed by atoms with Gasteiger partial charge in [-0.05, 0) is 41.8 Å². The van der Waals surface area contributed by atoms with E-state index in [2.05, 4.69) is 5.32 Å². The molecule has 0 heterocycles. The van der Waals surface area contributed by atoms with E-state index in [0.29, 0.717) is 16.8 Å². The Morgan fingerprint density at radius 3 is 2.35 bits per heavy atom. The molecule has 0 saturated carbocycles. The molecule has 1 amide bonds. The van der Waals surface area contributed by atoms with Crippen molar-refractivity contribution in [2.75, 3.05) is 5.32 Å². The molecular weight excluding hydrogens is 289 g/mol. The molecule has 0 aliphatic carbocycles. The molecule has 3 heteroatoms.